The molecular formula is C36H12F4N4O2. The summed E-state index contributed by atoms with van der Waals surface area (Å²) in [6, 6.07) is 18.8. The van der Waals surface area contributed by atoms with Crippen LogP contribution in [-0.2, 0) is 0 Å². The number of aromatic nitrogens is 4. The monoisotopic (exact) mass is 608 g/mol. The summed E-state index contributed by atoms with van der Waals surface area (Å²) in [5, 5.41) is 8.53. The molecule has 6 nitrogen and oxygen atoms in total. The van der Waals surface area contributed by atoms with E-state index in [4.69, 9.17) is 0 Å². The van der Waals surface area contributed by atoms with Crippen LogP contribution in [0.3, 0.4) is 0 Å². The Morgan fingerprint density at radius 1 is 0.413 bits per heavy atom. The Labute approximate surface area is 251 Å². The lowest BCUT2D eigenvalue weighted by molar-refractivity contribution is 0.510. The molecule has 0 atom stereocenters. The van der Waals surface area contributed by atoms with Crippen LogP contribution >= 0.6 is 0 Å². The van der Waals surface area contributed by atoms with E-state index in [0.717, 1.165) is 56.6 Å². The lowest BCUT2D eigenvalue weighted by Gasteiger charge is -2.18. The van der Waals surface area contributed by atoms with Gasteiger partial charge in [0.1, 0.15) is 11.3 Å². The molecule has 0 aliphatic heterocycles. The third kappa shape index (κ3) is 2.55. The first kappa shape index (κ1) is 24.2. The molecule has 4 aromatic heterocycles. The smallest absolute Gasteiger partial charge is 0.264 e. The van der Waals surface area contributed by atoms with Gasteiger partial charge < -0.3 is 0 Å². The van der Waals surface area contributed by atoms with Gasteiger partial charge in [0.25, 0.3) is 11.1 Å². The summed E-state index contributed by atoms with van der Waals surface area (Å²) in [6.45, 7) is 0. The fourth-order valence-electron chi connectivity index (χ4n) is 7.78. The van der Waals surface area contributed by atoms with E-state index in [1.54, 1.807) is 12.1 Å². The minimum Gasteiger partial charge on any atom is -0.268 e. The van der Waals surface area contributed by atoms with Gasteiger partial charge in [-0.05, 0) is 56.6 Å². The van der Waals surface area contributed by atoms with Gasteiger partial charge in [-0.15, -0.1) is 0 Å². The maximum atomic E-state index is 14.3. The van der Waals surface area contributed by atoms with Crippen LogP contribution in [-0.4, -0.2) is 18.8 Å². The fourth-order valence-corrected chi connectivity index (χ4v) is 7.78. The van der Waals surface area contributed by atoms with E-state index in [1.807, 2.05) is 36.4 Å². The van der Waals surface area contributed by atoms with E-state index in [0.29, 0.717) is 43.6 Å². The van der Waals surface area contributed by atoms with Crippen molar-refractivity contribution in [3.63, 3.8) is 0 Å². The zero-order chi connectivity index (χ0) is 30.9. The van der Waals surface area contributed by atoms with E-state index >= 15 is 0 Å². The van der Waals surface area contributed by atoms with Crippen LogP contribution in [0.4, 0.5) is 17.6 Å². The molecule has 0 aliphatic rings. The summed E-state index contributed by atoms with van der Waals surface area (Å²) in [7, 11) is 0. The zero-order valence-electron chi connectivity index (χ0n) is 23.0. The Balaban J connectivity index is 1.35. The van der Waals surface area contributed by atoms with Gasteiger partial charge >= 0.3 is 0 Å². The summed E-state index contributed by atoms with van der Waals surface area (Å²) >= 11 is 0. The second kappa shape index (κ2) is 7.55. The van der Waals surface area contributed by atoms with Crippen molar-refractivity contribution in [2.24, 2.45) is 0 Å². The van der Waals surface area contributed by atoms with Crippen molar-refractivity contribution in [2.75, 3.05) is 0 Å². The highest BCUT2D eigenvalue weighted by atomic mass is 19.2. The molecule has 7 aromatic carbocycles. The maximum Gasteiger partial charge on any atom is 0.264 e. The molecule has 0 bridgehead atoms. The predicted molar refractivity (Wildman–Crippen MR) is 170 cm³/mol. The molecule has 11 rings (SSSR count). The largest absolute Gasteiger partial charge is 0.268 e. The van der Waals surface area contributed by atoms with Crippen molar-refractivity contribution in [1.82, 2.24) is 18.8 Å². The summed E-state index contributed by atoms with van der Waals surface area (Å²) in [5.74, 6) is -4.22. The minimum absolute atomic E-state index is 0.172. The van der Waals surface area contributed by atoms with Crippen LogP contribution < -0.4 is 11.1 Å². The first-order valence-electron chi connectivity index (χ1n) is 14.4. The van der Waals surface area contributed by atoms with Crippen LogP contribution in [0.2, 0.25) is 0 Å². The van der Waals surface area contributed by atoms with Crippen molar-refractivity contribution in [3.05, 3.63) is 117 Å². The van der Waals surface area contributed by atoms with Gasteiger partial charge in [-0.1, -0.05) is 24.3 Å². The van der Waals surface area contributed by atoms with Gasteiger partial charge in [0.05, 0.1) is 22.1 Å². The first-order valence-corrected chi connectivity index (χ1v) is 14.4. The van der Waals surface area contributed by atoms with Crippen molar-refractivity contribution in [2.45, 2.75) is 0 Å². The summed E-state index contributed by atoms with van der Waals surface area (Å²) in [6.07, 6.45) is 0. The predicted octanol–water partition coefficient (Wildman–Crippen LogP) is 7.80. The van der Waals surface area contributed by atoms with Crippen molar-refractivity contribution in [1.29, 1.82) is 0 Å². The summed E-state index contributed by atoms with van der Waals surface area (Å²) < 4.78 is 59.4. The number of imidazole rings is 2. The zero-order valence-corrected chi connectivity index (χ0v) is 23.0. The number of fused-ring (bicyclic) bond motifs is 10. The second-order valence-corrected chi connectivity index (χ2v) is 11.8. The Hall–Kier alpha value is -6.16. The molecule has 4 heterocycles. The summed E-state index contributed by atoms with van der Waals surface area (Å²) in [4.78, 5) is 37.0. The van der Waals surface area contributed by atoms with Crippen LogP contribution in [0.25, 0.3) is 98.0 Å². The highest BCUT2D eigenvalue weighted by Gasteiger charge is 2.24. The maximum absolute atomic E-state index is 14.3. The molecule has 46 heavy (non-hydrogen) atoms. The Bertz CT molecular complexity index is 3110. The van der Waals surface area contributed by atoms with Crippen LogP contribution in [0.5, 0.6) is 0 Å². The molecule has 10 heteroatoms. The number of hydrogen-bond donors (Lipinski definition) is 0. The highest BCUT2D eigenvalue weighted by Crippen LogP contribution is 2.45. The molecule has 0 saturated carbocycles. The summed E-state index contributed by atoms with van der Waals surface area (Å²) in [5.41, 5.74) is 0.522. The van der Waals surface area contributed by atoms with Gasteiger partial charge in [0.15, 0.2) is 23.3 Å². The van der Waals surface area contributed by atoms with Gasteiger partial charge in [-0.25, -0.2) is 27.5 Å². The number of pyridine rings is 2. The molecular weight excluding hydrogens is 596 g/mol. The highest BCUT2D eigenvalue weighted by molar-refractivity contribution is 6.40. The number of halogens is 4. The van der Waals surface area contributed by atoms with Gasteiger partial charge in [0, 0.05) is 56.6 Å². The van der Waals surface area contributed by atoms with Gasteiger partial charge in [0.2, 0.25) is 0 Å². The average Bonchev–Trinajstić information content (AvgIpc) is 3.60. The molecule has 0 aliphatic carbocycles. The van der Waals surface area contributed by atoms with Crippen molar-refractivity contribution < 1.29 is 17.6 Å². The minimum atomic E-state index is -1.07. The van der Waals surface area contributed by atoms with Crippen LogP contribution in [0, 0.1) is 23.3 Å². The third-order valence-electron chi connectivity index (χ3n) is 9.64. The van der Waals surface area contributed by atoms with Gasteiger partial charge in [-0.2, -0.15) is 0 Å². The van der Waals surface area contributed by atoms with E-state index in [-0.39, 0.29) is 22.1 Å². The molecule has 216 valence electrons. The van der Waals surface area contributed by atoms with E-state index < -0.39 is 34.4 Å². The molecule has 0 N–H and O–H groups in total. The van der Waals surface area contributed by atoms with Crippen molar-refractivity contribution in [3.8, 4) is 0 Å². The first-order chi connectivity index (χ1) is 22.3. The van der Waals surface area contributed by atoms with Crippen LogP contribution in [0.1, 0.15) is 0 Å². The fraction of sp³-hybridized carbons (Fsp3) is 0. The van der Waals surface area contributed by atoms with Crippen molar-refractivity contribution >= 4 is 98.0 Å². The number of benzene rings is 7. The van der Waals surface area contributed by atoms with Crippen LogP contribution in [0.15, 0.2) is 82.4 Å². The molecule has 0 fully saturated rings. The normalized spacial score (nSPS) is 13.0. The molecule has 0 amide bonds. The molecule has 0 unspecified atom stereocenters. The van der Waals surface area contributed by atoms with E-state index in [9.17, 15) is 27.2 Å². The molecule has 0 spiro atoms. The van der Waals surface area contributed by atoms with E-state index in [2.05, 4.69) is 9.97 Å². The average molecular weight is 609 g/mol. The quantitative estimate of drug-likeness (QED) is 0.100. The third-order valence-corrected chi connectivity index (χ3v) is 9.64. The Kier molecular flexibility index (Phi) is 3.97. The Morgan fingerprint density at radius 3 is 1.11 bits per heavy atom. The second-order valence-electron chi connectivity index (χ2n) is 11.8. The number of rotatable bonds is 0. The molecule has 0 radical (unpaired) electrons. The lowest BCUT2D eigenvalue weighted by atomic mass is 9.86. The lowest BCUT2D eigenvalue weighted by Crippen LogP contribution is -2.14. The standard InChI is InChI=1S/C36H12F4N4O2/c37-21-9-25-27(11-23(21)39)43-33(41-25)17-5-1-13-15-3-7-20-32-18(34-42-26-10-22(38)24(40)12-28(26)44(34)36(20)46)6-2-14(30(15)32)16-4-8-19(35(43)45)31(17)29(13)16/h1-12H. The molecule has 0 saturated heterocycles. The number of nitrogens with zero attached hydrogens (tertiary/aromatic N) is 4. The SMILES string of the molecule is O=c1c2ccc3c4ccc5c6c(ccc(c7ccc(c2c37)c2nc3cc(F)c(F)cc3n12)c46)c(=O)n1c2cc(F)c(F)cc2nc51. The number of hydrogen-bond acceptors (Lipinski definition) is 4. The van der Waals surface area contributed by atoms with Gasteiger partial charge in [-0.3, -0.25) is 18.4 Å². The Morgan fingerprint density at radius 2 is 0.717 bits per heavy atom. The van der Waals surface area contributed by atoms with E-state index in [1.165, 1.54) is 8.80 Å². The topological polar surface area (TPSA) is 68.7 Å². The molecule has 11 aromatic rings.